The maximum Gasteiger partial charge on any atom is 0.103 e. The van der Waals surface area contributed by atoms with Gasteiger partial charge in [0.25, 0.3) is 0 Å². The van der Waals surface area contributed by atoms with Crippen molar-refractivity contribution in [3.63, 3.8) is 0 Å². The van der Waals surface area contributed by atoms with Gasteiger partial charge in [0.2, 0.25) is 0 Å². The van der Waals surface area contributed by atoms with Crippen LogP contribution in [0.4, 0.5) is 0 Å². The normalized spacial score (nSPS) is 25.0. The van der Waals surface area contributed by atoms with E-state index in [-0.39, 0.29) is 6.04 Å². The van der Waals surface area contributed by atoms with Gasteiger partial charge in [-0.2, -0.15) is 0 Å². The molecule has 1 aromatic carbocycles. The van der Waals surface area contributed by atoms with E-state index in [9.17, 15) is 5.11 Å². The minimum Gasteiger partial charge on any atom is -0.384 e. The molecule has 1 aromatic rings. The minimum absolute atomic E-state index is 0.0879. The van der Waals surface area contributed by atoms with Crippen molar-refractivity contribution in [2.24, 2.45) is 0 Å². The summed E-state index contributed by atoms with van der Waals surface area (Å²) < 4.78 is 0. The van der Waals surface area contributed by atoms with Crippen molar-refractivity contribution in [1.82, 2.24) is 5.32 Å². The first-order chi connectivity index (χ1) is 8.12. The molecule has 0 aromatic heterocycles. The molecule has 1 heterocycles. The summed E-state index contributed by atoms with van der Waals surface area (Å²) >= 11 is 6.18. The van der Waals surface area contributed by atoms with Gasteiger partial charge in [-0.3, -0.25) is 0 Å². The Kier molecular flexibility index (Phi) is 4.08. The molecule has 0 bridgehead atoms. The summed E-state index contributed by atoms with van der Waals surface area (Å²) in [5, 5.41) is 14.9. The number of rotatable bonds is 2. The topological polar surface area (TPSA) is 32.3 Å². The maximum atomic E-state index is 10.8. The van der Waals surface area contributed by atoms with Crippen molar-refractivity contribution in [2.75, 3.05) is 6.54 Å². The molecule has 0 radical (unpaired) electrons. The molecule has 0 aliphatic carbocycles. The highest BCUT2D eigenvalue weighted by atomic mass is 35.5. The fourth-order valence-corrected chi connectivity index (χ4v) is 2.89. The highest BCUT2D eigenvalue weighted by molar-refractivity contribution is 6.31. The van der Waals surface area contributed by atoms with Crippen LogP contribution in [0.5, 0.6) is 0 Å². The summed E-state index contributed by atoms with van der Waals surface area (Å²) in [6, 6.07) is 7.65. The lowest BCUT2D eigenvalue weighted by Gasteiger charge is -2.34. The number of aliphatic hydroxyl groups is 1. The van der Waals surface area contributed by atoms with Gasteiger partial charge < -0.3 is 10.4 Å². The van der Waals surface area contributed by atoms with Crippen LogP contribution in [0.1, 0.15) is 38.2 Å². The Bertz CT molecular complexity index is 370. The monoisotopic (exact) mass is 253 g/mol. The van der Waals surface area contributed by atoms with E-state index in [4.69, 9.17) is 11.6 Å². The second kappa shape index (κ2) is 5.38. The molecule has 1 saturated heterocycles. The predicted molar refractivity (Wildman–Crippen MR) is 71.3 cm³/mol. The molecule has 2 nitrogen and oxygen atoms in total. The van der Waals surface area contributed by atoms with E-state index in [0.717, 1.165) is 24.9 Å². The number of nitrogens with one attached hydrogen (secondary N) is 1. The molecular formula is C14H20ClNO. The number of hydrogen-bond acceptors (Lipinski definition) is 2. The number of hydrogen-bond donors (Lipinski definition) is 2. The lowest BCUT2D eigenvalue weighted by Crippen LogP contribution is -2.46. The average molecular weight is 254 g/mol. The van der Waals surface area contributed by atoms with Crippen molar-refractivity contribution >= 4 is 11.6 Å². The first kappa shape index (κ1) is 12.9. The van der Waals surface area contributed by atoms with Crippen molar-refractivity contribution in [3.05, 3.63) is 34.9 Å². The second-order valence-electron chi connectivity index (χ2n) is 4.98. The van der Waals surface area contributed by atoms with E-state index in [1.807, 2.05) is 31.2 Å². The van der Waals surface area contributed by atoms with Gasteiger partial charge in [-0.05, 0) is 32.4 Å². The Morgan fingerprint density at radius 1 is 1.29 bits per heavy atom. The van der Waals surface area contributed by atoms with Crippen LogP contribution in [0, 0.1) is 0 Å². The molecule has 0 saturated carbocycles. The molecule has 0 amide bonds. The highest BCUT2D eigenvalue weighted by Crippen LogP contribution is 2.33. The average Bonchev–Trinajstić information content (AvgIpc) is 2.58. The number of benzene rings is 1. The summed E-state index contributed by atoms with van der Waals surface area (Å²) in [5.74, 6) is 0. The minimum atomic E-state index is -0.900. The van der Waals surface area contributed by atoms with E-state index >= 15 is 0 Å². The molecule has 0 spiro atoms. The molecule has 1 fully saturated rings. The molecule has 94 valence electrons. The summed E-state index contributed by atoms with van der Waals surface area (Å²) in [7, 11) is 0. The van der Waals surface area contributed by atoms with Gasteiger partial charge in [-0.1, -0.05) is 42.6 Å². The fraction of sp³-hybridized carbons (Fsp3) is 0.571. The molecule has 3 heteroatoms. The highest BCUT2D eigenvalue weighted by Gasteiger charge is 2.35. The fourth-order valence-electron chi connectivity index (χ4n) is 2.57. The number of halogens is 1. The lowest BCUT2D eigenvalue weighted by molar-refractivity contribution is 0.0137. The smallest absolute Gasteiger partial charge is 0.103 e. The summed E-state index contributed by atoms with van der Waals surface area (Å²) in [5.41, 5.74) is -0.0797. The van der Waals surface area contributed by atoms with Crippen LogP contribution in [0.3, 0.4) is 0 Å². The van der Waals surface area contributed by atoms with Crippen molar-refractivity contribution < 1.29 is 5.11 Å². The zero-order chi connectivity index (χ0) is 12.3. The van der Waals surface area contributed by atoms with Gasteiger partial charge in [0, 0.05) is 16.6 Å². The van der Waals surface area contributed by atoms with Gasteiger partial charge in [0.05, 0.1) is 0 Å². The first-order valence-electron chi connectivity index (χ1n) is 6.33. The van der Waals surface area contributed by atoms with Gasteiger partial charge >= 0.3 is 0 Å². The Balaban J connectivity index is 2.25. The molecule has 1 aliphatic rings. The second-order valence-corrected chi connectivity index (χ2v) is 5.39. The molecule has 2 unspecified atom stereocenters. The van der Waals surface area contributed by atoms with Crippen LogP contribution in [0.2, 0.25) is 5.02 Å². The molecule has 1 aliphatic heterocycles. The lowest BCUT2D eigenvalue weighted by atomic mass is 9.86. The quantitative estimate of drug-likeness (QED) is 0.849. The zero-order valence-corrected chi connectivity index (χ0v) is 11.0. The van der Waals surface area contributed by atoms with Gasteiger partial charge in [-0.15, -0.1) is 0 Å². The van der Waals surface area contributed by atoms with Gasteiger partial charge in [0.1, 0.15) is 5.60 Å². The van der Waals surface area contributed by atoms with E-state index in [2.05, 4.69) is 5.32 Å². The van der Waals surface area contributed by atoms with E-state index in [0.29, 0.717) is 5.02 Å². The molecule has 2 rings (SSSR count). The Morgan fingerprint density at radius 2 is 2.06 bits per heavy atom. The molecule has 2 N–H and O–H groups in total. The Labute approximate surface area is 108 Å². The van der Waals surface area contributed by atoms with Crippen molar-refractivity contribution in [2.45, 2.75) is 44.2 Å². The van der Waals surface area contributed by atoms with Crippen molar-refractivity contribution in [3.8, 4) is 0 Å². The standard InChI is InChI=1S/C14H20ClNO/c1-14(17,11-7-4-5-8-12(11)15)13-9-3-2-6-10-16-13/h4-5,7-8,13,16-17H,2-3,6,9-10H2,1H3. The third-order valence-corrected chi connectivity index (χ3v) is 3.99. The van der Waals surface area contributed by atoms with Crippen LogP contribution in [0.25, 0.3) is 0 Å². The zero-order valence-electron chi connectivity index (χ0n) is 10.2. The summed E-state index contributed by atoms with van der Waals surface area (Å²) in [4.78, 5) is 0. The third kappa shape index (κ3) is 2.82. The van der Waals surface area contributed by atoms with Crippen LogP contribution >= 0.6 is 11.6 Å². The van der Waals surface area contributed by atoms with E-state index < -0.39 is 5.60 Å². The molecule has 17 heavy (non-hydrogen) atoms. The first-order valence-corrected chi connectivity index (χ1v) is 6.71. The Hall–Kier alpha value is -0.570. The Morgan fingerprint density at radius 3 is 2.82 bits per heavy atom. The van der Waals surface area contributed by atoms with E-state index in [1.165, 1.54) is 12.8 Å². The van der Waals surface area contributed by atoms with Gasteiger partial charge in [0.15, 0.2) is 0 Å². The van der Waals surface area contributed by atoms with Crippen LogP contribution in [0.15, 0.2) is 24.3 Å². The van der Waals surface area contributed by atoms with Crippen LogP contribution < -0.4 is 5.32 Å². The van der Waals surface area contributed by atoms with Crippen molar-refractivity contribution in [1.29, 1.82) is 0 Å². The molecule has 2 atom stereocenters. The van der Waals surface area contributed by atoms with Crippen LogP contribution in [-0.4, -0.2) is 17.7 Å². The van der Waals surface area contributed by atoms with Crippen LogP contribution in [-0.2, 0) is 5.60 Å². The maximum absolute atomic E-state index is 10.8. The SMILES string of the molecule is CC(O)(c1ccccc1Cl)C1CCCCCN1. The van der Waals surface area contributed by atoms with E-state index in [1.54, 1.807) is 0 Å². The summed E-state index contributed by atoms with van der Waals surface area (Å²) in [6.07, 6.45) is 4.59. The summed E-state index contributed by atoms with van der Waals surface area (Å²) in [6.45, 7) is 2.84. The third-order valence-electron chi connectivity index (χ3n) is 3.66. The molecular weight excluding hydrogens is 234 g/mol. The largest absolute Gasteiger partial charge is 0.384 e. The van der Waals surface area contributed by atoms with Gasteiger partial charge in [-0.25, -0.2) is 0 Å². The predicted octanol–water partition coefficient (Wildman–Crippen LogP) is 3.08.